The highest BCUT2D eigenvalue weighted by Crippen LogP contribution is 2.33. The third kappa shape index (κ3) is 4.45. The molecule has 3 rings (SSSR count). The molecule has 6 nitrogen and oxygen atoms in total. The average molecular weight is 460 g/mol. The number of amidine groups is 1. The lowest BCUT2D eigenvalue weighted by Gasteiger charge is -2.10. The molecule has 0 N–H and O–H groups in total. The highest BCUT2D eigenvalue weighted by atomic mass is 79.9. The number of carbonyl (C=O) groups excluding carboxylic acids is 2. The number of aromatic carboxylic acids is 1. The molecule has 1 heterocycles. The summed E-state index contributed by atoms with van der Waals surface area (Å²) in [5, 5.41) is 11.6. The molecule has 2 aromatic rings. The van der Waals surface area contributed by atoms with Crippen molar-refractivity contribution in [1.82, 2.24) is 4.90 Å². The van der Waals surface area contributed by atoms with Crippen molar-refractivity contribution in [2.45, 2.75) is 6.61 Å². The first-order valence-electron chi connectivity index (χ1n) is 8.26. The summed E-state index contributed by atoms with van der Waals surface area (Å²) in [4.78, 5) is 29.4. The molecule has 8 heteroatoms. The lowest BCUT2D eigenvalue weighted by atomic mass is 10.1. The zero-order chi connectivity index (χ0) is 20.3. The van der Waals surface area contributed by atoms with Crippen molar-refractivity contribution in [1.29, 1.82) is 0 Å². The van der Waals surface area contributed by atoms with E-state index >= 15 is 0 Å². The fourth-order valence-corrected chi connectivity index (χ4v) is 4.01. The molecule has 144 valence electrons. The van der Waals surface area contributed by atoms with Crippen molar-refractivity contribution in [2.75, 3.05) is 14.1 Å². The van der Waals surface area contributed by atoms with Crippen LogP contribution in [0.15, 0.2) is 56.8 Å². The fourth-order valence-electron chi connectivity index (χ4n) is 2.57. The number of rotatable bonds is 5. The number of benzene rings is 2. The molecule has 0 bridgehead atoms. The first-order valence-corrected chi connectivity index (χ1v) is 9.87. The molecule has 0 aromatic heterocycles. The number of halogens is 1. The van der Waals surface area contributed by atoms with Crippen molar-refractivity contribution in [3.63, 3.8) is 0 Å². The molecular formula is C20H16BrN2O4S-. The molecule has 1 amide bonds. The van der Waals surface area contributed by atoms with Crippen molar-refractivity contribution >= 4 is 50.8 Å². The Morgan fingerprint density at radius 3 is 2.75 bits per heavy atom. The maximum absolute atomic E-state index is 12.2. The number of nitrogens with zero attached hydrogens (tertiary/aromatic N) is 2. The number of ether oxygens (including phenoxy) is 1. The van der Waals surface area contributed by atoms with Crippen LogP contribution < -0.4 is 9.84 Å². The first-order chi connectivity index (χ1) is 13.4. The Kier molecular flexibility index (Phi) is 6.21. The van der Waals surface area contributed by atoms with Crippen molar-refractivity contribution in [3.8, 4) is 5.75 Å². The van der Waals surface area contributed by atoms with Gasteiger partial charge in [-0.05, 0) is 68.7 Å². The van der Waals surface area contributed by atoms with Crippen LogP contribution in [0, 0.1) is 0 Å². The van der Waals surface area contributed by atoms with Gasteiger partial charge in [0, 0.05) is 14.1 Å². The molecule has 0 unspecified atom stereocenters. The highest BCUT2D eigenvalue weighted by molar-refractivity contribution is 9.10. The van der Waals surface area contributed by atoms with Crippen LogP contribution in [0.2, 0.25) is 0 Å². The zero-order valence-corrected chi connectivity index (χ0v) is 17.5. The molecule has 0 atom stereocenters. The van der Waals surface area contributed by atoms with Gasteiger partial charge in [-0.15, -0.1) is 0 Å². The summed E-state index contributed by atoms with van der Waals surface area (Å²) in [5.74, 6) is -0.698. The highest BCUT2D eigenvalue weighted by Gasteiger charge is 2.29. The van der Waals surface area contributed by atoms with Crippen LogP contribution in [0.5, 0.6) is 5.75 Å². The molecule has 1 saturated heterocycles. The summed E-state index contributed by atoms with van der Waals surface area (Å²) in [6.45, 7) is 0.218. The van der Waals surface area contributed by atoms with E-state index in [9.17, 15) is 14.7 Å². The van der Waals surface area contributed by atoms with E-state index in [1.165, 1.54) is 28.8 Å². The van der Waals surface area contributed by atoms with E-state index in [0.29, 0.717) is 15.8 Å². The van der Waals surface area contributed by atoms with Gasteiger partial charge in [-0.2, -0.15) is 0 Å². The van der Waals surface area contributed by atoms with Gasteiger partial charge in [-0.1, -0.05) is 24.3 Å². The third-order valence-electron chi connectivity index (χ3n) is 4.01. The summed E-state index contributed by atoms with van der Waals surface area (Å²) in [6, 6.07) is 11.9. The van der Waals surface area contributed by atoms with Gasteiger partial charge in [0.05, 0.1) is 15.3 Å². The van der Waals surface area contributed by atoms with Crippen LogP contribution >= 0.6 is 27.7 Å². The van der Waals surface area contributed by atoms with Crippen LogP contribution in [-0.2, 0) is 11.4 Å². The van der Waals surface area contributed by atoms with Crippen LogP contribution in [0.25, 0.3) is 6.08 Å². The molecule has 28 heavy (non-hydrogen) atoms. The summed E-state index contributed by atoms with van der Waals surface area (Å²) < 4.78 is 6.50. The van der Waals surface area contributed by atoms with Crippen molar-refractivity contribution < 1.29 is 19.4 Å². The summed E-state index contributed by atoms with van der Waals surface area (Å²) in [7, 11) is 3.35. The van der Waals surface area contributed by atoms with Crippen molar-refractivity contribution in [3.05, 3.63) is 68.5 Å². The molecular weight excluding hydrogens is 444 g/mol. The van der Waals surface area contributed by atoms with Crippen LogP contribution in [-0.4, -0.2) is 36.0 Å². The number of thioether (sulfide) groups is 1. The number of hydrogen-bond acceptors (Lipinski definition) is 6. The monoisotopic (exact) mass is 459 g/mol. The number of carbonyl (C=O) groups is 2. The van der Waals surface area contributed by atoms with Gasteiger partial charge in [0.15, 0.2) is 5.17 Å². The maximum atomic E-state index is 12.2. The Balaban J connectivity index is 1.73. The van der Waals surface area contributed by atoms with Gasteiger partial charge in [0.25, 0.3) is 5.91 Å². The van der Waals surface area contributed by atoms with Gasteiger partial charge in [0.2, 0.25) is 0 Å². The zero-order valence-electron chi connectivity index (χ0n) is 15.1. The third-order valence-corrected chi connectivity index (χ3v) is 5.78. The Labute approximate surface area is 175 Å². The number of amides is 1. The minimum Gasteiger partial charge on any atom is -0.545 e. The Morgan fingerprint density at radius 2 is 2.11 bits per heavy atom. The minimum atomic E-state index is -1.22. The fraction of sp³-hybridized carbons (Fsp3) is 0.150. The normalized spacial score (nSPS) is 16.8. The summed E-state index contributed by atoms with van der Waals surface area (Å²) in [5.41, 5.74) is 1.68. The number of hydrogen-bond donors (Lipinski definition) is 0. The maximum Gasteiger partial charge on any atom is 0.266 e. The van der Waals surface area contributed by atoms with Gasteiger partial charge in [-0.3, -0.25) is 14.7 Å². The quantitative estimate of drug-likeness (QED) is 0.641. The molecule has 0 spiro atoms. The molecule has 1 fully saturated rings. The molecule has 0 radical (unpaired) electrons. The predicted molar refractivity (Wildman–Crippen MR) is 111 cm³/mol. The average Bonchev–Trinajstić information content (AvgIpc) is 2.95. The number of carboxylic acid groups (broad SMARTS) is 1. The number of likely N-dealkylation sites (N-methyl/N-ethyl adjacent to an activating group) is 1. The van der Waals surface area contributed by atoms with E-state index in [-0.39, 0.29) is 18.1 Å². The smallest absolute Gasteiger partial charge is 0.266 e. The van der Waals surface area contributed by atoms with Gasteiger partial charge < -0.3 is 14.6 Å². The summed E-state index contributed by atoms with van der Waals surface area (Å²) >= 11 is 4.81. The molecule has 0 aliphatic carbocycles. The minimum absolute atomic E-state index is 0.0881. The molecule has 1 aliphatic rings. The van der Waals surface area contributed by atoms with Gasteiger partial charge >= 0.3 is 0 Å². The standard InChI is InChI=1S/C20H17BrN2O4S/c1-22-20-23(2)18(24)17(28-20)10-12-6-7-16(15(21)9-12)27-11-13-4-3-5-14(8-13)19(25)26/h3-10H,11H2,1-2H3,(H,25,26)/p-1. The molecule has 1 aliphatic heterocycles. The Morgan fingerprint density at radius 1 is 1.32 bits per heavy atom. The van der Waals surface area contributed by atoms with Gasteiger partial charge in [-0.25, -0.2) is 0 Å². The largest absolute Gasteiger partial charge is 0.545 e. The second-order valence-corrected chi connectivity index (χ2v) is 7.81. The van der Waals surface area contributed by atoms with E-state index in [1.807, 2.05) is 12.1 Å². The second-order valence-electron chi connectivity index (χ2n) is 5.95. The number of carboxylic acids is 1. The van der Waals surface area contributed by atoms with Crippen LogP contribution in [0.4, 0.5) is 0 Å². The lowest BCUT2D eigenvalue weighted by molar-refractivity contribution is -0.255. The Hall–Kier alpha value is -2.58. The molecule has 2 aromatic carbocycles. The van der Waals surface area contributed by atoms with E-state index in [2.05, 4.69) is 20.9 Å². The predicted octanol–water partition coefficient (Wildman–Crippen LogP) is 2.92. The lowest BCUT2D eigenvalue weighted by Crippen LogP contribution is -2.23. The van der Waals surface area contributed by atoms with Gasteiger partial charge in [0.1, 0.15) is 12.4 Å². The topological polar surface area (TPSA) is 82.0 Å². The molecule has 0 saturated carbocycles. The van der Waals surface area contributed by atoms with E-state index < -0.39 is 5.97 Å². The first kappa shape index (κ1) is 20.2. The second kappa shape index (κ2) is 8.62. The summed E-state index contributed by atoms with van der Waals surface area (Å²) in [6.07, 6.45) is 1.81. The Bertz CT molecular complexity index is 1000. The van der Waals surface area contributed by atoms with E-state index in [4.69, 9.17) is 4.74 Å². The van der Waals surface area contributed by atoms with Crippen molar-refractivity contribution in [2.24, 2.45) is 4.99 Å². The van der Waals surface area contributed by atoms with E-state index in [1.54, 1.807) is 38.4 Å². The SMILES string of the molecule is CN=C1SC(=Cc2ccc(OCc3cccc(C(=O)[O-])c3)c(Br)c2)C(=O)N1C. The van der Waals surface area contributed by atoms with E-state index in [0.717, 1.165) is 15.6 Å². The number of aliphatic imine (C=N–C) groups is 1. The van der Waals surface area contributed by atoms with Crippen LogP contribution in [0.1, 0.15) is 21.5 Å². The van der Waals surface area contributed by atoms with Crippen LogP contribution in [0.3, 0.4) is 0 Å².